The number of pyridine rings is 1. The summed E-state index contributed by atoms with van der Waals surface area (Å²) in [5, 5.41) is 7.30. The van der Waals surface area contributed by atoms with Crippen LogP contribution in [-0.4, -0.2) is 14.8 Å². The molecule has 7 heteroatoms. The van der Waals surface area contributed by atoms with Crippen LogP contribution in [0, 0.1) is 18.6 Å². The second-order valence-corrected chi connectivity index (χ2v) is 6.94. The van der Waals surface area contributed by atoms with Crippen molar-refractivity contribution in [1.82, 2.24) is 20.1 Å². The topological polar surface area (TPSA) is 52.0 Å². The summed E-state index contributed by atoms with van der Waals surface area (Å²) in [6, 6.07) is 14.4. The Morgan fingerprint density at radius 2 is 1.87 bits per heavy atom. The zero-order valence-corrected chi connectivity index (χ0v) is 16.8. The quantitative estimate of drug-likeness (QED) is 0.436. The van der Waals surface area contributed by atoms with Gasteiger partial charge in [-0.2, -0.15) is 5.10 Å². The lowest BCUT2D eigenvalue weighted by Crippen LogP contribution is -2.12. The molecular formula is C24H20F2N4O. The van der Waals surface area contributed by atoms with Crippen molar-refractivity contribution in [2.75, 3.05) is 0 Å². The molecule has 0 radical (unpaired) electrons. The molecule has 5 nitrogen and oxygen atoms in total. The van der Waals surface area contributed by atoms with Gasteiger partial charge < -0.3 is 10.1 Å². The van der Waals surface area contributed by atoms with Gasteiger partial charge in [0.15, 0.2) is 5.82 Å². The summed E-state index contributed by atoms with van der Waals surface area (Å²) in [7, 11) is 0. The highest BCUT2D eigenvalue weighted by molar-refractivity contribution is 5.67. The first-order chi connectivity index (χ1) is 15.0. The fourth-order valence-electron chi connectivity index (χ4n) is 3.19. The van der Waals surface area contributed by atoms with Gasteiger partial charge in [0.1, 0.15) is 23.1 Å². The van der Waals surface area contributed by atoms with E-state index in [0.717, 1.165) is 17.2 Å². The average Bonchev–Trinajstić information content (AvgIpc) is 3.28. The van der Waals surface area contributed by atoms with Crippen LogP contribution in [0.25, 0.3) is 11.5 Å². The first kappa shape index (κ1) is 20.3. The standard InChI is InChI=1S/C24H20F2N4O/c1-16-22(17(2)28-15-18-11-19(25)13-20(26)12-18)5-3-6-23(16)31-21-7-9-27-24(14-21)30-10-4-8-29-30/h3-14,28H,2,15H2,1H3. The fraction of sp³-hybridized carbons (Fsp3) is 0.0833. The van der Waals surface area contributed by atoms with Crippen LogP contribution in [-0.2, 0) is 6.54 Å². The van der Waals surface area contributed by atoms with Crippen LogP contribution in [0.5, 0.6) is 11.5 Å². The minimum Gasteiger partial charge on any atom is -0.457 e. The summed E-state index contributed by atoms with van der Waals surface area (Å²) in [5.74, 6) is 0.704. The highest BCUT2D eigenvalue weighted by Crippen LogP contribution is 2.30. The van der Waals surface area contributed by atoms with Crippen molar-refractivity contribution in [2.24, 2.45) is 0 Å². The van der Waals surface area contributed by atoms with Crippen LogP contribution in [0.1, 0.15) is 16.7 Å². The number of ether oxygens (including phenoxy) is 1. The summed E-state index contributed by atoms with van der Waals surface area (Å²) in [6.07, 6.45) is 5.14. The summed E-state index contributed by atoms with van der Waals surface area (Å²) in [4.78, 5) is 4.30. The smallest absolute Gasteiger partial charge is 0.156 e. The molecule has 2 heterocycles. The number of nitrogens with zero attached hydrogens (tertiary/aromatic N) is 3. The van der Waals surface area contributed by atoms with Crippen molar-refractivity contribution in [2.45, 2.75) is 13.5 Å². The molecule has 4 rings (SSSR count). The number of aromatic nitrogens is 3. The Balaban J connectivity index is 1.50. The van der Waals surface area contributed by atoms with Crippen LogP contribution >= 0.6 is 0 Å². The van der Waals surface area contributed by atoms with E-state index in [4.69, 9.17) is 4.74 Å². The number of hydrogen-bond donors (Lipinski definition) is 1. The van der Waals surface area contributed by atoms with Gasteiger partial charge >= 0.3 is 0 Å². The maximum absolute atomic E-state index is 13.4. The fourth-order valence-corrected chi connectivity index (χ4v) is 3.19. The van der Waals surface area contributed by atoms with Gasteiger partial charge in [0.2, 0.25) is 0 Å². The molecule has 0 saturated heterocycles. The Morgan fingerprint density at radius 3 is 2.61 bits per heavy atom. The normalized spacial score (nSPS) is 10.7. The van der Waals surface area contributed by atoms with Gasteiger partial charge in [0, 0.05) is 54.1 Å². The van der Waals surface area contributed by atoms with E-state index in [2.05, 4.69) is 22.0 Å². The van der Waals surface area contributed by atoms with Crippen molar-refractivity contribution in [3.63, 3.8) is 0 Å². The lowest BCUT2D eigenvalue weighted by Gasteiger charge is -2.16. The van der Waals surface area contributed by atoms with Crippen molar-refractivity contribution in [3.05, 3.63) is 108 Å². The number of hydrogen-bond acceptors (Lipinski definition) is 4. The van der Waals surface area contributed by atoms with E-state index in [-0.39, 0.29) is 6.54 Å². The molecule has 0 spiro atoms. The lowest BCUT2D eigenvalue weighted by molar-refractivity contribution is 0.477. The largest absolute Gasteiger partial charge is 0.457 e. The molecule has 0 amide bonds. The Bertz CT molecular complexity index is 1200. The van der Waals surface area contributed by atoms with Gasteiger partial charge in [-0.15, -0.1) is 0 Å². The van der Waals surface area contributed by atoms with Crippen molar-refractivity contribution < 1.29 is 13.5 Å². The molecule has 1 N–H and O–H groups in total. The van der Waals surface area contributed by atoms with Crippen LogP contribution < -0.4 is 10.1 Å². The Labute approximate surface area is 178 Å². The van der Waals surface area contributed by atoms with Gasteiger partial charge in [-0.25, -0.2) is 18.4 Å². The maximum Gasteiger partial charge on any atom is 0.156 e. The third kappa shape index (κ3) is 4.78. The summed E-state index contributed by atoms with van der Waals surface area (Å²) >= 11 is 0. The van der Waals surface area contributed by atoms with E-state index in [9.17, 15) is 8.78 Å². The van der Waals surface area contributed by atoms with Gasteiger partial charge in [-0.3, -0.25) is 0 Å². The minimum absolute atomic E-state index is 0.246. The zero-order valence-electron chi connectivity index (χ0n) is 16.8. The SMILES string of the molecule is C=C(NCc1cc(F)cc(F)c1)c1cccc(Oc2ccnc(-n3cccn3)c2)c1C. The first-order valence-electron chi connectivity index (χ1n) is 9.61. The summed E-state index contributed by atoms with van der Waals surface area (Å²) in [5.41, 5.74) is 2.84. The van der Waals surface area contributed by atoms with Crippen molar-refractivity contribution >= 4 is 5.70 Å². The van der Waals surface area contributed by atoms with Crippen molar-refractivity contribution in [3.8, 4) is 17.3 Å². The van der Waals surface area contributed by atoms with Crippen molar-refractivity contribution in [1.29, 1.82) is 0 Å². The third-order valence-corrected chi connectivity index (χ3v) is 4.72. The molecule has 4 aromatic rings. The van der Waals surface area contributed by atoms with E-state index >= 15 is 0 Å². The predicted molar refractivity (Wildman–Crippen MR) is 115 cm³/mol. The first-order valence-corrected chi connectivity index (χ1v) is 9.61. The second-order valence-electron chi connectivity index (χ2n) is 6.94. The Hall–Kier alpha value is -4.00. The number of benzene rings is 2. The number of halogens is 2. The Morgan fingerprint density at radius 1 is 1.06 bits per heavy atom. The van der Waals surface area contributed by atoms with E-state index in [1.807, 2.05) is 31.2 Å². The van der Waals surface area contributed by atoms with E-state index in [1.54, 1.807) is 35.4 Å². The molecule has 2 aromatic heterocycles. The van der Waals surface area contributed by atoms with Crippen LogP contribution in [0.2, 0.25) is 0 Å². The van der Waals surface area contributed by atoms with Gasteiger partial charge in [-0.05, 0) is 42.8 Å². The molecule has 0 aliphatic carbocycles. The van der Waals surface area contributed by atoms with Crippen LogP contribution in [0.4, 0.5) is 8.78 Å². The lowest BCUT2D eigenvalue weighted by atomic mass is 10.0. The molecule has 0 saturated carbocycles. The maximum atomic E-state index is 13.4. The second kappa shape index (κ2) is 8.79. The molecule has 0 aliphatic rings. The molecule has 2 aromatic carbocycles. The molecule has 0 atom stereocenters. The van der Waals surface area contributed by atoms with E-state index in [0.29, 0.717) is 28.6 Å². The van der Waals surface area contributed by atoms with Crippen LogP contribution in [0.15, 0.2) is 79.8 Å². The van der Waals surface area contributed by atoms with Crippen LogP contribution in [0.3, 0.4) is 0 Å². The molecule has 0 aliphatic heterocycles. The number of rotatable bonds is 7. The average molecular weight is 418 g/mol. The van der Waals surface area contributed by atoms with E-state index < -0.39 is 11.6 Å². The van der Waals surface area contributed by atoms with Gasteiger partial charge in [-0.1, -0.05) is 18.7 Å². The predicted octanol–water partition coefficient (Wildman–Crippen LogP) is 5.41. The third-order valence-electron chi connectivity index (χ3n) is 4.72. The summed E-state index contributed by atoms with van der Waals surface area (Å²) in [6.45, 7) is 6.24. The molecule has 156 valence electrons. The molecule has 0 fully saturated rings. The van der Waals surface area contributed by atoms with Gasteiger partial charge in [0.05, 0.1) is 0 Å². The Kier molecular flexibility index (Phi) is 5.75. The highest BCUT2D eigenvalue weighted by Gasteiger charge is 2.10. The molecule has 31 heavy (non-hydrogen) atoms. The van der Waals surface area contributed by atoms with Gasteiger partial charge in [0.25, 0.3) is 0 Å². The molecule has 0 bridgehead atoms. The number of nitrogens with one attached hydrogen (secondary N) is 1. The highest BCUT2D eigenvalue weighted by atomic mass is 19.1. The minimum atomic E-state index is -0.610. The molecule has 0 unspecified atom stereocenters. The summed E-state index contributed by atoms with van der Waals surface area (Å²) < 4.78 is 34.5. The zero-order chi connectivity index (χ0) is 21.8. The molecular weight excluding hydrogens is 398 g/mol. The van der Waals surface area contributed by atoms with E-state index in [1.165, 1.54) is 12.1 Å². The monoisotopic (exact) mass is 418 g/mol.